The van der Waals surface area contributed by atoms with Crippen molar-refractivity contribution in [3.05, 3.63) is 42.1 Å². The van der Waals surface area contributed by atoms with Gasteiger partial charge in [0.1, 0.15) is 0 Å². The van der Waals surface area contributed by atoms with Gasteiger partial charge in [0.25, 0.3) is 0 Å². The van der Waals surface area contributed by atoms with E-state index in [1.165, 1.54) is 16.7 Å². The normalized spacial score (nSPS) is 10.4. The number of amides is 2. The molecule has 0 fully saturated rings. The molecule has 1 aromatic heterocycles. The van der Waals surface area contributed by atoms with Crippen LogP contribution in [0.1, 0.15) is 19.0 Å². The summed E-state index contributed by atoms with van der Waals surface area (Å²) in [6.45, 7) is 4.57. The Morgan fingerprint density at radius 2 is 1.92 bits per heavy atom. The van der Waals surface area contributed by atoms with E-state index in [-0.39, 0.29) is 24.1 Å². The summed E-state index contributed by atoms with van der Waals surface area (Å²) in [6.07, 6.45) is 0.869. The fourth-order valence-corrected chi connectivity index (χ4v) is 3.07. The number of hydrogen-bond acceptors (Lipinski definition) is 5. The number of aryl methyl sites for hydroxylation is 1. The number of benzene rings is 1. The average molecular weight is 372 g/mol. The molecule has 7 heteroatoms. The van der Waals surface area contributed by atoms with Crippen LogP contribution in [0.25, 0.3) is 11.3 Å². The number of carbonyl (C=O) groups excluding carboxylic acids is 2. The number of rotatable bonds is 8. The number of carbonyl (C=O) groups is 2. The van der Waals surface area contributed by atoms with E-state index in [0.29, 0.717) is 11.7 Å². The molecule has 1 heterocycles. The highest BCUT2D eigenvalue weighted by Crippen LogP contribution is 2.21. The van der Waals surface area contributed by atoms with Crippen LogP contribution in [0.3, 0.4) is 0 Å². The first-order chi connectivity index (χ1) is 12.5. The van der Waals surface area contributed by atoms with Crippen LogP contribution in [0.5, 0.6) is 0 Å². The van der Waals surface area contributed by atoms with Gasteiger partial charge in [-0.15, -0.1) is 0 Å². The zero-order valence-electron chi connectivity index (χ0n) is 15.4. The highest BCUT2D eigenvalue weighted by Gasteiger charge is 2.14. The molecule has 0 unspecified atom stereocenters. The van der Waals surface area contributed by atoms with Gasteiger partial charge < -0.3 is 10.2 Å². The molecule has 0 spiro atoms. The predicted octanol–water partition coefficient (Wildman–Crippen LogP) is 2.53. The van der Waals surface area contributed by atoms with Gasteiger partial charge in [0.2, 0.25) is 11.8 Å². The maximum absolute atomic E-state index is 12.2. The first-order valence-corrected chi connectivity index (χ1v) is 9.52. The van der Waals surface area contributed by atoms with E-state index in [0.717, 1.165) is 23.4 Å². The SMILES string of the molecule is CCCNC(=O)CN(C)C(=O)CSc1nc(C)cc(-c2ccccc2)n1. The molecule has 26 heavy (non-hydrogen) atoms. The van der Waals surface area contributed by atoms with Gasteiger partial charge in [-0.2, -0.15) is 0 Å². The van der Waals surface area contributed by atoms with Crippen molar-refractivity contribution in [2.45, 2.75) is 25.4 Å². The molecule has 1 N–H and O–H groups in total. The van der Waals surface area contributed by atoms with E-state index >= 15 is 0 Å². The lowest BCUT2D eigenvalue weighted by molar-refractivity contribution is -0.132. The van der Waals surface area contributed by atoms with E-state index < -0.39 is 0 Å². The third kappa shape index (κ3) is 6.15. The zero-order valence-corrected chi connectivity index (χ0v) is 16.2. The summed E-state index contributed by atoms with van der Waals surface area (Å²) in [5, 5.41) is 3.32. The van der Waals surface area contributed by atoms with Gasteiger partial charge in [0, 0.05) is 24.8 Å². The summed E-state index contributed by atoms with van der Waals surface area (Å²) in [5.41, 5.74) is 2.69. The number of nitrogens with zero attached hydrogens (tertiary/aromatic N) is 3. The third-order valence-corrected chi connectivity index (χ3v) is 4.44. The smallest absolute Gasteiger partial charge is 0.239 e. The summed E-state index contributed by atoms with van der Waals surface area (Å²) >= 11 is 1.28. The Balaban J connectivity index is 1.95. The molecule has 138 valence electrons. The molecule has 2 aromatic rings. The number of likely N-dealkylation sites (N-methyl/N-ethyl adjacent to an activating group) is 1. The fourth-order valence-electron chi connectivity index (χ4n) is 2.22. The van der Waals surface area contributed by atoms with Crippen LogP contribution in [-0.2, 0) is 9.59 Å². The highest BCUT2D eigenvalue weighted by molar-refractivity contribution is 7.99. The molecule has 0 saturated carbocycles. The number of aromatic nitrogens is 2. The van der Waals surface area contributed by atoms with Gasteiger partial charge in [-0.05, 0) is 19.4 Å². The molecular formula is C19H24N4O2S. The Hall–Kier alpha value is -2.41. The maximum Gasteiger partial charge on any atom is 0.239 e. The molecule has 2 rings (SSSR count). The first kappa shape index (κ1) is 19.9. The minimum atomic E-state index is -0.147. The van der Waals surface area contributed by atoms with Crippen molar-refractivity contribution in [2.75, 3.05) is 25.9 Å². The Morgan fingerprint density at radius 1 is 1.19 bits per heavy atom. The molecule has 0 bridgehead atoms. The lowest BCUT2D eigenvalue weighted by Crippen LogP contribution is -2.39. The van der Waals surface area contributed by atoms with Crippen molar-refractivity contribution < 1.29 is 9.59 Å². The summed E-state index contributed by atoms with van der Waals surface area (Å²) < 4.78 is 0. The predicted molar refractivity (Wildman–Crippen MR) is 104 cm³/mol. The quantitative estimate of drug-likeness (QED) is 0.569. The Morgan fingerprint density at radius 3 is 2.62 bits per heavy atom. The van der Waals surface area contributed by atoms with E-state index in [4.69, 9.17) is 0 Å². The molecule has 1 aromatic carbocycles. The summed E-state index contributed by atoms with van der Waals surface area (Å²) in [4.78, 5) is 34.3. The van der Waals surface area contributed by atoms with Crippen molar-refractivity contribution in [1.82, 2.24) is 20.2 Å². The second kappa shape index (κ2) is 9.91. The third-order valence-electron chi connectivity index (χ3n) is 3.61. The molecule has 0 aliphatic carbocycles. The maximum atomic E-state index is 12.2. The first-order valence-electron chi connectivity index (χ1n) is 8.54. The van der Waals surface area contributed by atoms with Crippen molar-refractivity contribution in [3.8, 4) is 11.3 Å². The lowest BCUT2D eigenvalue weighted by atomic mass is 10.1. The molecule has 0 radical (unpaired) electrons. The minimum absolute atomic E-state index is 0.0589. The van der Waals surface area contributed by atoms with Gasteiger partial charge in [-0.25, -0.2) is 9.97 Å². The molecule has 0 atom stereocenters. The Kier molecular flexibility index (Phi) is 7.59. The topological polar surface area (TPSA) is 75.2 Å². The van der Waals surface area contributed by atoms with Gasteiger partial charge in [-0.3, -0.25) is 9.59 Å². The van der Waals surface area contributed by atoms with Gasteiger partial charge in [0.15, 0.2) is 5.16 Å². The zero-order chi connectivity index (χ0) is 18.9. The lowest BCUT2D eigenvalue weighted by Gasteiger charge is -2.16. The van der Waals surface area contributed by atoms with Crippen LogP contribution in [0.15, 0.2) is 41.6 Å². The van der Waals surface area contributed by atoms with Crippen molar-refractivity contribution in [3.63, 3.8) is 0 Å². The Labute approximate surface area is 158 Å². The van der Waals surface area contributed by atoms with Gasteiger partial charge in [0.05, 0.1) is 18.0 Å². The Bertz CT molecular complexity index is 752. The standard InChI is InChI=1S/C19H24N4O2S/c1-4-10-20-17(24)12-23(3)18(25)13-26-19-21-14(2)11-16(22-19)15-8-6-5-7-9-15/h5-9,11H,4,10,12-13H2,1-3H3,(H,20,24). The van der Waals surface area contributed by atoms with Crippen LogP contribution in [-0.4, -0.2) is 52.6 Å². The van der Waals surface area contributed by atoms with Crippen molar-refractivity contribution in [1.29, 1.82) is 0 Å². The van der Waals surface area contributed by atoms with Crippen LogP contribution < -0.4 is 5.32 Å². The van der Waals surface area contributed by atoms with Crippen LogP contribution in [0, 0.1) is 6.92 Å². The van der Waals surface area contributed by atoms with Gasteiger partial charge >= 0.3 is 0 Å². The molecular weight excluding hydrogens is 348 g/mol. The molecule has 0 aliphatic rings. The van der Waals surface area contributed by atoms with Crippen molar-refractivity contribution in [2.24, 2.45) is 0 Å². The fraction of sp³-hybridized carbons (Fsp3) is 0.368. The van der Waals surface area contributed by atoms with Crippen molar-refractivity contribution >= 4 is 23.6 Å². The van der Waals surface area contributed by atoms with E-state index in [9.17, 15) is 9.59 Å². The van der Waals surface area contributed by atoms with Gasteiger partial charge in [-0.1, -0.05) is 49.0 Å². The summed E-state index contributed by atoms with van der Waals surface area (Å²) in [5.74, 6) is -0.0891. The highest BCUT2D eigenvalue weighted by atomic mass is 32.2. The number of hydrogen-bond donors (Lipinski definition) is 1. The molecule has 0 aliphatic heterocycles. The van der Waals surface area contributed by atoms with E-state index in [2.05, 4.69) is 15.3 Å². The molecule has 2 amide bonds. The summed E-state index contributed by atoms with van der Waals surface area (Å²) in [7, 11) is 1.63. The largest absolute Gasteiger partial charge is 0.355 e. The minimum Gasteiger partial charge on any atom is -0.355 e. The van der Waals surface area contributed by atoms with Crippen LogP contribution >= 0.6 is 11.8 Å². The second-order valence-electron chi connectivity index (χ2n) is 5.93. The van der Waals surface area contributed by atoms with E-state index in [1.54, 1.807) is 7.05 Å². The summed E-state index contributed by atoms with van der Waals surface area (Å²) in [6, 6.07) is 11.8. The molecule has 0 saturated heterocycles. The second-order valence-corrected chi connectivity index (χ2v) is 6.87. The monoisotopic (exact) mass is 372 g/mol. The molecule has 6 nitrogen and oxygen atoms in total. The average Bonchev–Trinajstić information content (AvgIpc) is 2.64. The number of thioether (sulfide) groups is 1. The number of nitrogens with one attached hydrogen (secondary N) is 1. The van der Waals surface area contributed by atoms with Crippen LogP contribution in [0.4, 0.5) is 0 Å². The van der Waals surface area contributed by atoms with E-state index in [1.807, 2.05) is 50.2 Å². The van der Waals surface area contributed by atoms with Crippen LogP contribution in [0.2, 0.25) is 0 Å².